The SMILES string of the molecule is CC(C)(C)n1c(CN)nnc1NC1CC1. The molecule has 0 saturated heterocycles. The molecule has 0 spiro atoms. The quantitative estimate of drug-likeness (QED) is 0.781. The first-order valence-corrected chi connectivity index (χ1v) is 5.44. The molecule has 15 heavy (non-hydrogen) atoms. The number of hydrogen-bond donors (Lipinski definition) is 2. The smallest absolute Gasteiger partial charge is 0.225 e. The normalized spacial score (nSPS) is 16.8. The number of anilines is 1. The standard InChI is InChI=1S/C10H19N5/c1-10(2,3)15-8(6-11)13-14-9(15)12-7-4-5-7/h7H,4-6,11H2,1-3H3,(H,12,14). The molecular weight excluding hydrogens is 190 g/mol. The second-order valence-electron chi connectivity index (χ2n) is 5.07. The Bertz CT molecular complexity index is 345. The van der Waals surface area contributed by atoms with Crippen LogP contribution in [0.2, 0.25) is 0 Å². The number of aromatic nitrogens is 3. The van der Waals surface area contributed by atoms with E-state index in [1.807, 2.05) is 0 Å². The fourth-order valence-electron chi connectivity index (χ4n) is 1.66. The van der Waals surface area contributed by atoms with Crippen LogP contribution in [0.1, 0.15) is 39.4 Å². The lowest BCUT2D eigenvalue weighted by atomic mass is 10.1. The average Bonchev–Trinajstić information content (AvgIpc) is 2.81. The Balaban J connectivity index is 2.31. The molecule has 3 N–H and O–H groups in total. The van der Waals surface area contributed by atoms with Crippen molar-refractivity contribution in [3.8, 4) is 0 Å². The summed E-state index contributed by atoms with van der Waals surface area (Å²) >= 11 is 0. The van der Waals surface area contributed by atoms with E-state index in [1.165, 1.54) is 12.8 Å². The van der Waals surface area contributed by atoms with E-state index in [-0.39, 0.29) is 5.54 Å². The highest BCUT2D eigenvalue weighted by Crippen LogP contribution is 2.27. The summed E-state index contributed by atoms with van der Waals surface area (Å²) in [6.07, 6.45) is 2.46. The molecule has 0 bridgehead atoms. The first kappa shape index (κ1) is 10.4. The van der Waals surface area contributed by atoms with Gasteiger partial charge in [-0.25, -0.2) is 0 Å². The summed E-state index contributed by atoms with van der Waals surface area (Å²) in [6, 6.07) is 0.584. The van der Waals surface area contributed by atoms with Crippen molar-refractivity contribution in [2.75, 3.05) is 5.32 Å². The summed E-state index contributed by atoms with van der Waals surface area (Å²) in [6.45, 7) is 6.82. The fraction of sp³-hybridized carbons (Fsp3) is 0.800. The Hall–Kier alpha value is -1.10. The maximum atomic E-state index is 5.66. The van der Waals surface area contributed by atoms with Crippen LogP contribution in [-0.2, 0) is 12.1 Å². The van der Waals surface area contributed by atoms with Gasteiger partial charge in [0.05, 0.1) is 6.54 Å². The Morgan fingerprint density at radius 1 is 1.40 bits per heavy atom. The molecular formula is C10H19N5. The van der Waals surface area contributed by atoms with Crippen LogP contribution in [0.15, 0.2) is 0 Å². The summed E-state index contributed by atoms with van der Waals surface area (Å²) in [7, 11) is 0. The first-order valence-electron chi connectivity index (χ1n) is 5.44. The molecule has 0 aliphatic heterocycles. The molecule has 0 amide bonds. The zero-order valence-corrected chi connectivity index (χ0v) is 9.62. The molecule has 0 radical (unpaired) electrons. The summed E-state index contributed by atoms with van der Waals surface area (Å²) in [5, 5.41) is 11.6. The summed E-state index contributed by atoms with van der Waals surface area (Å²) < 4.78 is 2.09. The Morgan fingerprint density at radius 2 is 2.07 bits per heavy atom. The average molecular weight is 209 g/mol. The van der Waals surface area contributed by atoms with Gasteiger partial charge >= 0.3 is 0 Å². The van der Waals surface area contributed by atoms with Crippen LogP contribution in [0.25, 0.3) is 0 Å². The molecule has 1 heterocycles. The molecule has 0 aromatic carbocycles. The van der Waals surface area contributed by atoms with E-state index >= 15 is 0 Å². The van der Waals surface area contributed by atoms with Gasteiger partial charge in [0.25, 0.3) is 0 Å². The van der Waals surface area contributed by atoms with Crippen molar-refractivity contribution >= 4 is 5.95 Å². The third-order valence-electron chi connectivity index (χ3n) is 2.49. The van der Waals surface area contributed by atoms with E-state index in [4.69, 9.17) is 5.73 Å². The maximum Gasteiger partial charge on any atom is 0.225 e. The summed E-state index contributed by atoms with van der Waals surface area (Å²) in [5.74, 6) is 1.69. The lowest BCUT2D eigenvalue weighted by Crippen LogP contribution is -2.27. The molecule has 1 fully saturated rings. The van der Waals surface area contributed by atoms with Crippen LogP contribution in [0.3, 0.4) is 0 Å². The molecule has 1 aromatic heterocycles. The Labute approximate surface area is 90.1 Å². The van der Waals surface area contributed by atoms with Gasteiger partial charge in [-0.05, 0) is 33.6 Å². The van der Waals surface area contributed by atoms with Gasteiger partial charge in [-0.2, -0.15) is 0 Å². The fourth-order valence-corrected chi connectivity index (χ4v) is 1.66. The molecule has 1 saturated carbocycles. The predicted molar refractivity (Wildman–Crippen MR) is 59.6 cm³/mol. The van der Waals surface area contributed by atoms with E-state index in [9.17, 15) is 0 Å². The van der Waals surface area contributed by atoms with Crippen molar-refractivity contribution in [3.05, 3.63) is 5.82 Å². The topological polar surface area (TPSA) is 68.8 Å². The third kappa shape index (κ3) is 2.12. The van der Waals surface area contributed by atoms with Gasteiger partial charge in [0.1, 0.15) is 5.82 Å². The van der Waals surface area contributed by atoms with Gasteiger partial charge in [-0.3, -0.25) is 4.57 Å². The van der Waals surface area contributed by atoms with Crippen LogP contribution in [0.5, 0.6) is 0 Å². The Kier molecular flexibility index (Phi) is 2.42. The molecule has 0 atom stereocenters. The van der Waals surface area contributed by atoms with Gasteiger partial charge in [0.2, 0.25) is 5.95 Å². The van der Waals surface area contributed by atoms with Crippen LogP contribution >= 0.6 is 0 Å². The van der Waals surface area contributed by atoms with E-state index < -0.39 is 0 Å². The predicted octanol–water partition coefficient (Wildman–Crippen LogP) is 1.07. The summed E-state index contributed by atoms with van der Waals surface area (Å²) in [5.41, 5.74) is 5.62. The van der Waals surface area contributed by atoms with Crippen LogP contribution < -0.4 is 11.1 Å². The molecule has 84 valence electrons. The second kappa shape index (κ2) is 3.48. The second-order valence-corrected chi connectivity index (χ2v) is 5.07. The lowest BCUT2D eigenvalue weighted by molar-refractivity contribution is 0.386. The monoisotopic (exact) mass is 209 g/mol. The molecule has 1 aliphatic carbocycles. The Morgan fingerprint density at radius 3 is 2.53 bits per heavy atom. The van der Waals surface area contributed by atoms with E-state index in [1.54, 1.807) is 0 Å². The van der Waals surface area contributed by atoms with Crippen molar-refractivity contribution in [2.45, 2.75) is 51.7 Å². The zero-order valence-electron chi connectivity index (χ0n) is 9.62. The third-order valence-corrected chi connectivity index (χ3v) is 2.49. The lowest BCUT2D eigenvalue weighted by Gasteiger charge is -2.24. The van der Waals surface area contributed by atoms with Crippen molar-refractivity contribution < 1.29 is 0 Å². The van der Waals surface area contributed by atoms with Gasteiger partial charge < -0.3 is 11.1 Å². The highest BCUT2D eigenvalue weighted by Gasteiger charge is 2.27. The highest BCUT2D eigenvalue weighted by molar-refractivity contribution is 5.31. The zero-order chi connectivity index (χ0) is 11.1. The van der Waals surface area contributed by atoms with Gasteiger partial charge in [0.15, 0.2) is 0 Å². The van der Waals surface area contributed by atoms with Crippen molar-refractivity contribution in [1.82, 2.24) is 14.8 Å². The molecule has 5 nitrogen and oxygen atoms in total. The molecule has 2 rings (SSSR count). The summed E-state index contributed by atoms with van der Waals surface area (Å²) in [4.78, 5) is 0. The minimum Gasteiger partial charge on any atom is -0.352 e. The highest BCUT2D eigenvalue weighted by atomic mass is 15.4. The number of hydrogen-bond acceptors (Lipinski definition) is 4. The molecule has 1 aliphatic rings. The van der Waals surface area contributed by atoms with Crippen LogP contribution in [0.4, 0.5) is 5.95 Å². The first-order chi connectivity index (χ1) is 7.02. The van der Waals surface area contributed by atoms with Gasteiger partial charge in [-0.15, -0.1) is 10.2 Å². The minimum absolute atomic E-state index is 0.0323. The maximum absolute atomic E-state index is 5.66. The van der Waals surface area contributed by atoms with E-state index in [0.717, 1.165) is 11.8 Å². The largest absolute Gasteiger partial charge is 0.352 e. The van der Waals surface area contributed by atoms with Crippen LogP contribution in [-0.4, -0.2) is 20.8 Å². The van der Waals surface area contributed by atoms with Gasteiger partial charge in [-0.1, -0.05) is 0 Å². The number of nitrogens with two attached hydrogens (primary N) is 1. The molecule has 0 unspecified atom stereocenters. The number of nitrogens with zero attached hydrogens (tertiary/aromatic N) is 3. The van der Waals surface area contributed by atoms with Crippen LogP contribution in [0, 0.1) is 0 Å². The number of nitrogens with one attached hydrogen (secondary N) is 1. The molecule has 5 heteroatoms. The van der Waals surface area contributed by atoms with Crippen molar-refractivity contribution in [2.24, 2.45) is 5.73 Å². The van der Waals surface area contributed by atoms with E-state index in [0.29, 0.717) is 12.6 Å². The van der Waals surface area contributed by atoms with Crippen molar-refractivity contribution in [3.63, 3.8) is 0 Å². The van der Waals surface area contributed by atoms with Crippen molar-refractivity contribution in [1.29, 1.82) is 0 Å². The number of rotatable bonds is 3. The van der Waals surface area contributed by atoms with E-state index in [2.05, 4.69) is 40.9 Å². The minimum atomic E-state index is -0.0323. The van der Waals surface area contributed by atoms with Gasteiger partial charge in [0, 0.05) is 11.6 Å². The molecule has 1 aromatic rings.